The number of nitrogens with zero attached hydrogens (tertiary/aromatic N) is 2. The first-order valence-corrected chi connectivity index (χ1v) is 9.38. The van der Waals surface area contributed by atoms with Crippen LogP contribution in [0.3, 0.4) is 0 Å². The minimum Gasteiger partial charge on any atom is -0.508 e. The van der Waals surface area contributed by atoms with Crippen LogP contribution in [0.15, 0.2) is 89.6 Å². The SMILES string of the molecule is CCOc1ccc(/C=C2/N=C(c3ccccc3)N(c3ccc(O)cc3)C2=O)cc1. The van der Waals surface area contributed by atoms with Crippen LogP contribution in [0, 0.1) is 0 Å². The maximum atomic E-state index is 13.2. The van der Waals surface area contributed by atoms with Crippen molar-refractivity contribution in [2.24, 2.45) is 4.99 Å². The Bertz CT molecular complexity index is 1070. The van der Waals surface area contributed by atoms with Crippen molar-refractivity contribution in [2.75, 3.05) is 11.5 Å². The number of carbonyl (C=O) groups excluding carboxylic acids is 1. The number of carbonyl (C=O) groups is 1. The fraction of sp³-hybridized carbons (Fsp3) is 0.0833. The molecule has 0 unspecified atom stereocenters. The van der Waals surface area contributed by atoms with Crippen LogP contribution in [-0.2, 0) is 4.79 Å². The summed E-state index contributed by atoms with van der Waals surface area (Å²) in [7, 11) is 0. The highest BCUT2D eigenvalue weighted by molar-refractivity contribution is 6.33. The fourth-order valence-electron chi connectivity index (χ4n) is 3.12. The molecule has 3 aromatic rings. The maximum Gasteiger partial charge on any atom is 0.282 e. The van der Waals surface area contributed by atoms with Crippen molar-refractivity contribution in [3.63, 3.8) is 0 Å². The van der Waals surface area contributed by atoms with E-state index >= 15 is 0 Å². The Labute approximate surface area is 169 Å². The summed E-state index contributed by atoms with van der Waals surface area (Å²) in [6.45, 7) is 2.54. The molecule has 1 amide bonds. The molecule has 1 heterocycles. The molecule has 29 heavy (non-hydrogen) atoms. The molecule has 5 nitrogen and oxygen atoms in total. The Hall–Kier alpha value is -3.86. The first-order chi connectivity index (χ1) is 14.2. The Morgan fingerprint density at radius 3 is 2.31 bits per heavy atom. The number of aliphatic imine (C=N–C) groups is 1. The molecule has 0 saturated heterocycles. The molecule has 0 bridgehead atoms. The molecule has 0 aliphatic carbocycles. The number of amides is 1. The molecule has 0 aromatic heterocycles. The van der Waals surface area contributed by atoms with Crippen LogP contribution < -0.4 is 9.64 Å². The van der Waals surface area contributed by atoms with Crippen LogP contribution in [0.4, 0.5) is 5.69 Å². The molecular weight excluding hydrogens is 364 g/mol. The van der Waals surface area contributed by atoms with Gasteiger partial charge in [-0.05, 0) is 55.0 Å². The summed E-state index contributed by atoms with van der Waals surface area (Å²) in [5.41, 5.74) is 2.69. The van der Waals surface area contributed by atoms with Gasteiger partial charge in [-0.3, -0.25) is 9.69 Å². The zero-order chi connectivity index (χ0) is 20.2. The lowest BCUT2D eigenvalue weighted by Crippen LogP contribution is -2.32. The summed E-state index contributed by atoms with van der Waals surface area (Å²) < 4.78 is 5.47. The molecule has 4 rings (SSSR count). The van der Waals surface area contributed by atoms with Gasteiger partial charge >= 0.3 is 0 Å². The molecule has 0 fully saturated rings. The largest absolute Gasteiger partial charge is 0.508 e. The minimum absolute atomic E-state index is 0.142. The number of aromatic hydroxyl groups is 1. The third kappa shape index (κ3) is 3.89. The Balaban J connectivity index is 1.74. The number of anilines is 1. The highest BCUT2D eigenvalue weighted by Gasteiger charge is 2.32. The number of hydrogen-bond donors (Lipinski definition) is 1. The lowest BCUT2D eigenvalue weighted by Gasteiger charge is -2.18. The van der Waals surface area contributed by atoms with E-state index in [0.717, 1.165) is 16.9 Å². The monoisotopic (exact) mass is 384 g/mol. The van der Waals surface area contributed by atoms with E-state index in [9.17, 15) is 9.90 Å². The van der Waals surface area contributed by atoms with Crippen molar-refractivity contribution in [2.45, 2.75) is 6.92 Å². The second-order valence-electron chi connectivity index (χ2n) is 6.49. The van der Waals surface area contributed by atoms with E-state index in [1.54, 1.807) is 35.2 Å². The quantitative estimate of drug-likeness (QED) is 0.653. The Kier molecular flexibility index (Phi) is 5.12. The Morgan fingerprint density at radius 1 is 0.966 bits per heavy atom. The number of phenolic OH excluding ortho intramolecular Hbond substituents is 1. The number of benzene rings is 3. The summed E-state index contributed by atoms with van der Waals surface area (Å²) >= 11 is 0. The van der Waals surface area contributed by atoms with E-state index in [0.29, 0.717) is 23.8 Å². The van der Waals surface area contributed by atoms with Gasteiger partial charge in [0.25, 0.3) is 5.91 Å². The maximum absolute atomic E-state index is 13.2. The molecular formula is C24H20N2O3. The van der Waals surface area contributed by atoms with Crippen molar-refractivity contribution in [3.05, 3.63) is 95.7 Å². The van der Waals surface area contributed by atoms with Crippen molar-refractivity contribution in [3.8, 4) is 11.5 Å². The molecule has 144 valence electrons. The zero-order valence-corrected chi connectivity index (χ0v) is 15.9. The van der Waals surface area contributed by atoms with Gasteiger partial charge in [0.15, 0.2) is 0 Å². The van der Waals surface area contributed by atoms with Gasteiger partial charge in [0.1, 0.15) is 23.0 Å². The average Bonchev–Trinajstić information content (AvgIpc) is 3.07. The van der Waals surface area contributed by atoms with E-state index in [1.807, 2.05) is 61.5 Å². The van der Waals surface area contributed by atoms with Crippen molar-refractivity contribution in [1.82, 2.24) is 0 Å². The highest BCUT2D eigenvalue weighted by Crippen LogP contribution is 2.29. The highest BCUT2D eigenvalue weighted by atomic mass is 16.5. The fourth-order valence-corrected chi connectivity index (χ4v) is 3.12. The smallest absolute Gasteiger partial charge is 0.282 e. The van der Waals surface area contributed by atoms with E-state index in [-0.39, 0.29) is 11.7 Å². The van der Waals surface area contributed by atoms with Crippen molar-refractivity contribution in [1.29, 1.82) is 0 Å². The first kappa shape index (κ1) is 18.5. The minimum atomic E-state index is -0.219. The Morgan fingerprint density at radius 2 is 1.66 bits per heavy atom. The summed E-state index contributed by atoms with van der Waals surface area (Å²) in [5, 5.41) is 9.60. The molecule has 5 heteroatoms. The summed E-state index contributed by atoms with van der Waals surface area (Å²) in [4.78, 5) is 19.4. The van der Waals surface area contributed by atoms with Gasteiger partial charge in [0.2, 0.25) is 0 Å². The van der Waals surface area contributed by atoms with Gasteiger partial charge in [-0.2, -0.15) is 0 Å². The van der Waals surface area contributed by atoms with E-state index in [1.165, 1.54) is 0 Å². The molecule has 1 N–H and O–H groups in total. The molecule has 0 spiro atoms. The van der Waals surface area contributed by atoms with Gasteiger partial charge in [0, 0.05) is 5.56 Å². The zero-order valence-electron chi connectivity index (χ0n) is 15.9. The van der Waals surface area contributed by atoms with Crippen LogP contribution in [-0.4, -0.2) is 23.5 Å². The van der Waals surface area contributed by atoms with E-state index in [2.05, 4.69) is 4.99 Å². The van der Waals surface area contributed by atoms with Gasteiger partial charge in [-0.1, -0.05) is 42.5 Å². The number of amidine groups is 1. The number of phenols is 1. The van der Waals surface area contributed by atoms with E-state index in [4.69, 9.17) is 4.74 Å². The van der Waals surface area contributed by atoms with Gasteiger partial charge in [0.05, 0.1) is 12.3 Å². The molecule has 3 aromatic carbocycles. The third-order valence-electron chi connectivity index (χ3n) is 4.49. The standard InChI is InChI=1S/C24H20N2O3/c1-2-29-21-14-8-17(9-15-21)16-22-24(28)26(19-10-12-20(27)13-11-19)23(25-22)18-6-4-3-5-7-18/h3-16,27H,2H2,1H3/b22-16+. The summed E-state index contributed by atoms with van der Waals surface area (Å²) in [6, 6.07) is 23.6. The predicted molar refractivity (Wildman–Crippen MR) is 114 cm³/mol. The average molecular weight is 384 g/mol. The van der Waals surface area contributed by atoms with Crippen LogP contribution in [0.2, 0.25) is 0 Å². The molecule has 0 radical (unpaired) electrons. The topological polar surface area (TPSA) is 62.1 Å². The van der Waals surface area contributed by atoms with E-state index < -0.39 is 0 Å². The van der Waals surface area contributed by atoms with Crippen LogP contribution in [0.5, 0.6) is 11.5 Å². The second-order valence-corrected chi connectivity index (χ2v) is 6.49. The number of hydrogen-bond acceptors (Lipinski definition) is 4. The predicted octanol–water partition coefficient (Wildman–Crippen LogP) is 4.63. The molecule has 0 atom stereocenters. The molecule has 1 aliphatic rings. The number of rotatable bonds is 5. The van der Waals surface area contributed by atoms with Crippen LogP contribution >= 0.6 is 0 Å². The summed E-state index contributed by atoms with van der Waals surface area (Å²) in [6.07, 6.45) is 1.77. The van der Waals surface area contributed by atoms with Gasteiger partial charge < -0.3 is 9.84 Å². The molecule has 0 saturated carbocycles. The summed E-state index contributed by atoms with van der Waals surface area (Å²) in [5.74, 6) is 1.26. The van der Waals surface area contributed by atoms with Crippen LogP contribution in [0.25, 0.3) is 6.08 Å². The lowest BCUT2D eigenvalue weighted by molar-refractivity contribution is -0.113. The normalized spacial score (nSPS) is 14.9. The lowest BCUT2D eigenvalue weighted by atomic mass is 10.1. The first-order valence-electron chi connectivity index (χ1n) is 9.38. The van der Waals surface area contributed by atoms with Crippen LogP contribution in [0.1, 0.15) is 18.1 Å². The van der Waals surface area contributed by atoms with Crippen molar-refractivity contribution >= 4 is 23.5 Å². The third-order valence-corrected chi connectivity index (χ3v) is 4.49. The van der Waals surface area contributed by atoms with Crippen molar-refractivity contribution < 1.29 is 14.6 Å². The number of ether oxygens (including phenoxy) is 1. The van der Waals surface area contributed by atoms with Gasteiger partial charge in [-0.25, -0.2) is 4.99 Å². The second kappa shape index (κ2) is 8.02. The molecule has 1 aliphatic heterocycles. The van der Waals surface area contributed by atoms with Gasteiger partial charge in [-0.15, -0.1) is 0 Å².